The molecule has 1 heterocycles. The third kappa shape index (κ3) is 6.52. The standard InChI is InChI=1S/C26H25Cl2FN6O3/c27-21-8-7-20(13-22(21)28)33-26(38)35-10-9-34(25(37)32-19-6-2-5-18(29)12-19)24(35)23(36)31-15-17-4-1-3-16(11-17)14-30/h1-8,11-13,24H,9-10,14-15,30H2,(H,31,36)(H,32,37)(H,33,38). The number of nitrogens with two attached hydrogens (primary N) is 1. The lowest BCUT2D eigenvalue weighted by molar-refractivity contribution is -0.127. The van der Waals surface area contributed by atoms with E-state index in [9.17, 15) is 18.8 Å². The van der Waals surface area contributed by atoms with Crippen molar-refractivity contribution in [3.8, 4) is 0 Å². The van der Waals surface area contributed by atoms with Crippen LogP contribution >= 0.6 is 23.2 Å². The number of urea groups is 2. The van der Waals surface area contributed by atoms with Gasteiger partial charge in [0.2, 0.25) is 0 Å². The SMILES string of the molecule is NCc1cccc(CNC(=O)C2N(C(=O)Nc3cccc(F)c3)CCN2C(=O)Nc2ccc(Cl)c(Cl)c2)c1. The van der Waals surface area contributed by atoms with Crippen LogP contribution in [-0.2, 0) is 17.9 Å². The van der Waals surface area contributed by atoms with Gasteiger partial charge in [0, 0.05) is 37.6 Å². The van der Waals surface area contributed by atoms with Crippen molar-refractivity contribution in [1.82, 2.24) is 15.1 Å². The molecule has 4 rings (SSSR count). The molecule has 5 N–H and O–H groups in total. The Morgan fingerprint density at radius 2 is 1.47 bits per heavy atom. The molecule has 3 aromatic rings. The summed E-state index contributed by atoms with van der Waals surface area (Å²) in [6.45, 7) is 0.646. The van der Waals surface area contributed by atoms with E-state index >= 15 is 0 Å². The average Bonchev–Trinajstić information content (AvgIpc) is 3.35. The molecule has 12 heteroatoms. The molecule has 0 radical (unpaired) electrons. The molecular weight excluding hydrogens is 534 g/mol. The summed E-state index contributed by atoms with van der Waals surface area (Å²) in [5.74, 6) is -1.10. The second-order valence-electron chi connectivity index (χ2n) is 8.50. The Morgan fingerprint density at radius 1 is 0.842 bits per heavy atom. The summed E-state index contributed by atoms with van der Waals surface area (Å²) in [5, 5.41) is 8.63. The molecule has 1 aliphatic heterocycles. The molecule has 1 unspecified atom stereocenters. The van der Waals surface area contributed by atoms with Gasteiger partial charge in [0.25, 0.3) is 5.91 Å². The Bertz CT molecular complexity index is 1360. The molecular formula is C26H25Cl2FN6O3. The summed E-state index contributed by atoms with van der Waals surface area (Å²) >= 11 is 12.0. The van der Waals surface area contributed by atoms with Gasteiger partial charge in [0.15, 0.2) is 6.17 Å². The number of carbonyl (C=O) groups is 3. The van der Waals surface area contributed by atoms with Crippen LogP contribution < -0.4 is 21.7 Å². The lowest BCUT2D eigenvalue weighted by atomic mass is 10.1. The lowest BCUT2D eigenvalue weighted by Gasteiger charge is -2.29. The molecule has 38 heavy (non-hydrogen) atoms. The van der Waals surface area contributed by atoms with Crippen molar-refractivity contribution < 1.29 is 18.8 Å². The van der Waals surface area contributed by atoms with Crippen molar-refractivity contribution in [2.75, 3.05) is 23.7 Å². The monoisotopic (exact) mass is 558 g/mol. The highest BCUT2D eigenvalue weighted by atomic mass is 35.5. The third-order valence-corrected chi connectivity index (χ3v) is 6.61. The van der Waals surface area contributed by atoms with Gasteiger partial charge >= 0.3 is 12.1 Å². The number of hydrogen-bond acceptors (Lipinski definition) is 4. The smallest absolute Gasteiger partial charge is 0.323 e. The van der Waals surface area contributed by atoms with Crippen LogP contribution in [0, 0.1) is 5.82 Å². The quantitative estimate of drug-likeness (QED) is 0.353. The zero-order valence-corrected chi connectivity index (χ0v) is 21.6. The van der Waals surface area contributed by atoms with Gasteiger partial charge in [-0.25, -0.2) is 14.0 Å². The predicted molar refractivity (Wildman–Crippen MR) is 144 cm³/mol. The van der Waals surface area contributed by atoms with Crippen molar-refractivity contribution >= 4 is 52.5 Å². The molecule has 0 aromatic heterocycles. The minimum atomic E-state index is -1.27. The Balaban J connectivity index is 1.54. The summed E-state index contributed by atoms with van der Waals surface area (Å²) < 4.78 is 13.6. The van der Waals surface area contributed by atoms with E-state index in [1.807, 2.05) is 24.3 Å². The first-order chi connectivity index (χ1) is 18.2. The Labute approximate surface area is 228 Å². The highest BCUT2D eigenvalue weighted by Crippen LogP contribution is 2.26. The number of anilines is 2. The van der Waals surface area contributed by atoms with Gasteiger partial charge in [0.05, 0.1) is 10.0 Å². The molecule has 1 fully saturated rings. The summed E-state index contributed by atoms with van der Waals surface area (Å²) in [6.07, 6.45) is -1.27. The molecule has 1 saturated heterocycles. The van der Waals surface area contributed by atoms with Crippen molar-refractivity contribution in [2.45, 2.75) is 19.3 Å². The first-order valence-electron chi connectivity index (χ1n) is 11.7. The Morgan fingerprint density at radius 3 is 2.11 bits per heavy atom. The summed E-state index contributed by atoms with van der Waals surface area (Å²) in [7, 11) is 0. The average molecular weight is 559 g/mol. The molecule has 3 aromatic carbocycles. The van der Waals surface area contributed by atoms with E-state index < -0.39 is 30.0 Å². The van der Waals surface area contributed by atoms with Crippen LogP contribution in [0.2, 0.25) is 10.0 Å². The number of amides is 5. The molecule has 1 atom stereocenters. The molecule has 0 bridgehead atoms. The normalized spacial score (nSPS) is 14.8. The van der Waals surface area contributed by atoms with Gasteiger partial charge in [-0.05, 0) is 47.5 Å². The fourth-order valence-corrected chi connectivity index (χ4v) is 4.31. The molecule has 0 aliphatic carbocycles. The van der Waals surface area contributed by atoms with E-state index in [4.69, 9.17) is 28.9 Å². The molecule has 5 amide bonds. The van der Waals surface area contributed by atoms with Crippen molar-refractivity contribution in [3.05, 3.63) is 93.7 Å². The highest BCUT2D eigenvalue weighted by molar-refractivity contribution is 6.42. The fraction of sp³-hybridized carbons (Fsp3) is 0.192. The van der Waals surface area contributed by atoms with Crippen LogP contribution in [0.4, 0.5) is 25.4 Å². The van der Waals surface area contributed by atoms with Crippen molar-refractivity contribution in [3.63, 3.8) is 0 Å². The summed E-state index contributed by atoms with van der Waals surface area (Å²) in [5.41, 5.74) is 7.99. The maximum atomic E-state index is 13.6. The van der Waals surface area contributed by atoms with Crippen LogP contribution in [0.1, 0.15) is 11.1 Å². The van der Waals surface area contributed by atoms with Crippen LogP contribution in [-0.4, -0.2) is 47.0 Å². The number of rotatable bonds is 6. The van der Waals surface area contributed by atoms with Crippen molar-refractivity contribution in [2.24, 2.45) is 5.73 Å². The molecule has 0 spiro atoms. The van der Waals surface area contributed by atoms with Crippen LogP contribution in [0.5, 0.6) is 0 Å². The number of benzene rings is 3. The number of halogens is 3. The highest BCUT2D eigenvalue weighted by Gasteiger charge is 2.43. The molecule has 9 nitrogen and oxygen atoms in total. The first kappa shape index (κ1) is 27.2. The Kier molecular flexibility index (Phi) is 8.67. The van der Waals surface area contributed by atoms with E-state index in [0.29, 0.717) is 17.3 Å². The largest absolute Gasteiger partial charge is 0.349 e. The number of nitrogens with one attached hydrogen (secondary N) is 3. The van der Waals surface area contributed by atoms with Crippen molar-refractivity contribution in [1.29, 1.82) is 0 Å². The van der Waals surface area contributed by atoms with Gasteiger partial charge in [-0.3, -0.25) is 14.6 Å². The van der Waals surface area contributed by atoms with E-state index in [-0.39, 0.29) is 30.3 Å². The van der Waals surface area contributed by atoms with Crippen LogP contribution in [0.25, 0.3) is 0 Å². The topological polar surface area (TPSA) is 120 Å². The van der Waals surface area contributed by atoms with Gasteiger partial charge < -0.3 is 21.7 Å². The predicted octanol–water partition coefficient (Wildman–Crippen LogP) is 4.62. The number of hydrogen-bond donors (Lipinski definition) is 4. The summed E-state index contributed by atoms with van der Waals surface area (Å²) in [4.78, 5) is 42.1. The van der Waals surface area contributed by atoms with E-state index in [1.165, 1.54) is 40.1 Å². The maximum Gasteiger partial charge on any atom is 0.323 e. The third-order valence-electron chi connectivity index (χ3n) is 5.87. The minimum absolute atomic E-state index is 0.0662. The van der Waals surface area contributed by atoms with E-state index in [1.54, 1.807) is 6.07 Å². The fourth-order valence-electron chi connectivity index (χ4n) is 4.01. The maximum absolute atomic E-state index is 13.6. The van der Waals surface area contributed by atoms with Gasteiger partial charge in [0.1, 0.15) is 5.82 Å². The van der Waals surface area contributed by atoms with Gasteiger partial charge in [-0.15, -0.1) is 0 Å². The number of carbonyl (C=O) groups excluding carboxylic acids is 3. The second-order valence-corrected chi connectivity index (χ2v) is 9.32. The lowest BCUT2D eigenvalue weighted by Crippen LogP contribution is -2.55. The molecule has 198 valence electrons. The van der Waals surface area contributed by atoms with Gasteiger partial charge in [-0.1, -0.05) is 53.5 Å². The summed E-state index contributed by atoms with van der Waals surface area (Å²) in [6, 6.07) is 16.1. The van der Waals surface area contributed by atoms with E-state index in [2.05, 4.69) is 16.0 Å². The molecule has 1 aliphatic rings. The number of nitrogens with zero attached hydrogens (tertiary/aromatic N) is 2. The van der Waals surface area contributed by atoms with Crippen LogP contribution in [0.3, 0.4) is 0 Å². The minimum Gasteiger partial charge on any atom is -0.349 e. The Hall–Kier alpha value is -3.86. The second kappa shape index (κ2) is 12.1. The zero-order chi connectivity index (χ0) is 27.2. The first-order valence-corrected chi connectivity index (χ1v) is 12.4. The van der Waals surface area contributed by atoms with Crippen LogP contribution in [0.15, 0.2) is 66.7 Å². The molecule has 0 saturated carbocycles. The zero-order valence-electron chi connectivity index (χ0n) is 20.1. The van der Waals surface area contributed by atoms with E-state index in [0.717, 1.165) is 17.2 Å². The van der Waals surface area contributed by atoms with Gasteiger partial charge in [-0.2, -0.15) is 0 Å².